The summed E-state index contributed by atoms with van der Waals surface area (Å²) < 4.78 is 2.09. The summed E-state index contributed by atoms with van der Waals surface area (Å²) in [6.45, 7) is 5.77. The Morgan fingerprint density at radius 2 is 1.69 bits per heavy atom. The maximum atomic E-state index is 11.4. The molecule has 0 atom stereocenters. The van der Waals surface area contributed by atoms with Crippen LogP contribution >= 0.6 is 0 Å². The highest BCUT2D eigenvalue weighted by Crippen LogP contribution is 2.34. The van der Waals surface area contributed by atoms with Crippen molar-refractivity contribution < 1.29 is 4.79 Å². The molecule has 180 valence electrons. The molecule has 0 unspecified atom stereocenters. The van der Waals surface area contributed by atoms with Crippen molar-refractivity contribution in [3.63, 3.8) is 0 Å². The fraction of sp³-hybridized carbons (Fsp3) is 0.345. The minimum Gasteiger partial charge on any atom is -0.341 e. The molecule has 0 aliphatic heterocycles. The van der Waals surface area contributed by atoms with Gasteiger partial charge in [-0.15, -0.1) is 0 Å². The van der Waals surface area contributed by atoms with Gasteiger partial charge in [-0.1, -0.05) is 51.2 Å². The van der Waals surface area contributed by atoms with E-state index in [1.54, 1.807) is 0 Å². The van der Waals surface area contributed by atoms with Crippen LogP contribution in [-0.2, 0) is 11.2 Å². The van der Waals surface area contributed by atoms with Crippen molar-refractivity contribution in [3.8, 4) is 6.07 Å². The number of amides is 1. The molecule has 0 bridgehead atoms. The quantitative estimate of drug-likeness (QED) is 0.240. The molecule has 0 saturated carbocycles. The van der Waals surface area contributed by atoms with Crippen LogP contribution in [0.4, 0.5) is 17.2 Å². The Balaban J connectivity index is 1.78. The van der Waals surface area contributed by atoms with Crippen LogP contribution in [0.5, 0.6) is 0 Å². The van der Waals surface area contributed by atoms with Crippen molar-refractivity contribution in [2.24, 2.45) is 0 Å². The summed E-state index contributed by atoms with van der Waals surface area (Å²) in [5, 5.41) is 16.5. The molecule has 2 heterocycles. The van der Waals surface area contributed by atoms with Gasteiger partial charge in [0.1, 0.15) is 11.9 Å². The van der Waals surface area contributed by atoms with Crippen molar-refractivity contribution >= 4 is 39.8 Å². The lowest BCUT2D eigenvalue weighted by Crippen LogP contribution is -2.09. The molecule has 0 aliphatic carbocycles. The minimum atomic E-state index is -0.0961. The zero-order valence-electron chi connectivity index (χ0n) is 20.8. The molecule has 1 amide bonds. The maximum Gasteiger partial charge on any atom is 0.221 e. The summed E-state index contributed by atoms with van der Waals surface area (Å²) in [4.78, 5) is 16.2. The summed E-state index contributed by atoms with van der Waals surface area (Å²) in [5.41, 5.74) is 6.95. The van der Waals surface area contributed by atoms with Gasteiger partial charge in [0.25, 0.3) is 0 Å². The van der Waals surface area contributed by atoms with Gasteiger partial charge in [-0.05, 0) is 67.3 Å². The SMILES string of the molecule is CCCCCCCCc1c(C)c(C#N)c2nc3ccccc3n2c1Nc1ccc(NC(C)=O)cc1. The largest absolute Gasteiger partial charge is 0.341 e. The lowest BCUT2D eigenvalue weighted by atomic mass is 9.98. The van der Waals surface area contributed by atoms with Crippen molar-refractivity contribution in [2.75, 3.05) is 10.6 Å². The molecule has 2 aromatic heterocycles. The monoisotopic (exact) mass is 467 g/mol. The molecule has 0 fully saturated rings. The van der Waals surface area contributed by atoms with E-state index in [9.17, 15) is 10.1 Å². The molecule has 0 saturated heterocycles. The number of carbonyl (C=O) groups excluding carboxylic acids is 1. The Hall–Kier alpha value is -3.85. The number of rotatable bonds is 10. The zero-order chi connectivity index (χ0) is 24.8. The molecular weight excluding hydrogens is 434 g/mol. The molecule has 2 N–H and O–H groups in total. The molecule has 4 rings (SSSR count). The number of hydrogen-bond donors (Lipinski definition) is 2. The summed E-state index contributed by atoms with van der Waals surface area (Å²) in [6, 6.07) is 18.1. The Labute approximate surface area is 207 Å². The van der Waals surface area contributed by atoms with E-state index in [0.717, 1.165) is 52.2 Å². The normalized spacial score (nSPS) is 11.0. The number of aromatic nitrogens is 2. The van der Waals surface area contributed by atoms with Gasteiger partial charge in [0, 0.05) is 18.3 Å². The third-order valence-corrected chi connectivity index (χ3v) is 6.48. The summed E-state index contributed by atoms with van der Waals surface area (Å²) >= 11 is 0. The Morgan fingerprint density at radius 3 is 2.40 bits per heavy atom. The van der Waals surface area contributed by atoms with Gasteiger partial charge < -0.3 is 10.6 Å². The van der Waals surface area contributed by atoms with Crippen LogP contribution in [0.1, 0.15) is 69.1 Å². The topological polar surface area (TPSA) is 82.2 Å². The average molecular weight is 468 g/mol. The van der Waals surface area contributed by atoms with E-state index in [-0.39, 0.29) is 5.91 Å². The number of anilines is 3. The van der Waals surface area contributed by atoms with E-state index in [4.69, 9.17) is 4.98 Å². The fourth-order valence-corrected chi connectivity index (χ4v) is 4.68. The number of hydrogen-bond acceptors (Lipinski definition) is 4. The number of pyridine rings is 1. The minimum absolute atomic E-state index is 0.0961. The predicted octanol–water partition coefficient (Wildman–Crippen LogP) is 7.27. The second-order valence-corrected chi connectivity index (χ2v) is 9.10. The molecule has 35 heavy (non-hydrogen) atoms. The first-order chi connectivity index (χ1) is 17.0. The highest BCUT2D eigenvalue weighted by atomic mass is 16.1. The molecule has 0 radical (unpaired) electrons. The molecule has 4 aromatic rings. The van der Waals surface area contributed by atoms with E-state index in [1.807, 2.05) is 55.5 Å². The molecule has 6 nitrogen and oxygen atoms in total. The van der Waals surface area contributed by atoms with Crippen molar-refractivity contribution in [1.82, 2.24) is 9.38 Å². The third-order valence-electron chi connectivity index (χ3n) is 6.48. The number of para-hydroxylation sites is 2. The molecule has 0 aliphatic rings. The highest BCUT2D eigenvalue weighted by Gasteiger charge is 2.20. The van der Waals surface area contributed by atoms with Gasteiger partial charge in [0.15, 0.2) is 5.65 Å². The van der Waals surface area contributed by atoms with Gasteiger partial charge in [0.2, 0.25) is 5.91 Å². The Kier molecular flexibility index (Phi) is 7.67. The van der Waals surface area contributed by atoms with Crippen molar-refractivity contribution in [1.29, 1.82) is 5.26 Å². The third kappa shape index (κ3) is 5.30. The number of nitriles is 1. The smallest absolute Gasteiger partial charge is 0.221 e. The predicted molar refractivity (Wildman–Crippen MR) is 143 cm³/mol. The van der Waals surface area contributed by atoms with Crippen LogP contribution in [0.2, 0.25) is 0 Å². The Morgan fingerprint density at radius 1 is 1.00 bits per heavy atom. The summed E-state index contributed by atoms with van der Waals surface area (Å²) in [6.07, 6.45) is 8.17. The van der Waals surface area contributed by atoms with Crippen LogP contribution in [-0.4, -0.2) is 15.3 Å². The summed E-state index contributed by atoms with van der Waals surface area (Å²) in [5.74, 6) is 0.854. The fourth-order valence-electron chi connectivity index (χ4n) is 4.68. The Bertz CT molecular complexity index is 1380. The summed E-state index contributed by atoms with van der Waals surface area (Å²) in [7, 11) is 0. The average Bonchev–Trinajstić information content (AvgIpc) is 3.23. The highest BCUT2D eigenvalue weighted by molar-refractivity contribution is 5.89. The van der Waals surface area contributed by atoms with Gasteiger partial charge >= 0.3 is 0 Å². The van der Waals surface area contributed by atoms with Crippen LogP contribution in [0.3, 0.4) is 0 Å². The van der Waals surface area contributed by atoms with Crippen molar-refractivity contribution in [2.45, 2.75) is 65.7 Å². The van der Waals surface area contributed by atoms with Crippen molar-refractivity contribution in [3.05, 3.63) is 65.2 Å². The van der Waals surface area contributed by atoms with Crippen LogP contribution in [0, 0.1) is 18.3 Å². The maximum absolute atomic E-state index is 11.4. The van der Waals surface area contributed by atoms with Gasteiger partial charge in [-0.2, -0.15) is 5.26 Å². The van der Waals surface area contributed by atoms with Gasteiger partial charge in [0.05, 0.1) is 16.6 Å². The number of unbranched alkanes of at least 4 members (excludes halogenated alkanes) is 5. The number of fused-ring (bicyclic) bond motifs is 3. The van der Waals surface area contributed by atoms with Gasteiger partial charge in [-0.25, -0.2) is 4.98 Å². The second kappa shape index (κ2) is 11.1. The number of imidazole rings is 1. The number of carbonyl (C=O) groups is 1. The molecule has 2 aromatic carbocycles. The molecule has 0 spiro atoms. The van der Waals surface area contributed by atoms with Gasteiger partial charge in [-0.3, -0.25) is 9.20 Å². The second-order valence-electron chi connectivity index (χ2n) is 9.10. The van der Waals surface area contributed by atoms with E-state index in [2.05, 4.69) is 28.0 Å². The van der Waals surface area contributed by atoms with Crippen LogP contribution in [0.25, 0.3) is 16.7 Å². The molecule has 6 heteroatoms. The zero-order valence-corrected chi connectivity index (χ0v) is 20.8. The van der Waals surface area contributed by atoms with E-state index < -0.39 is 0 Å². The number of nitrogens with one attached hydrogen (secondary N) is 2. The number of benzene rings is 2. The lowest BCUT2D eigenvalue weighted by molar-refractivity contribution is -0.114. The molecular formula is C29H33N5O. The van der Waals surface area contributed by atoms with E-state index >= 15 is 0 Å². The lowest BCUT2D eigenvalue weighted by Gasteiger charge is -2.19. The van der Waals surface area contributed by atoms with Crippen LogP contribution in [0.15, 0.2) is 48.5 Å². The van der Waals surface area contributed by atoms with Crippen LogP contribution < -0.4 is 10.6 Å². The van der Waals surface area contributed by atoms with E-state index in [0.29, 0.717) is 11.2 Å². The standard InChI is InChI=1S/C29H33N5O/c1-4-5-6-7-8-9-12-24-20(2)25(19-30)29-33-26-13-10-11-14-27(26)34(29)28(24)32-23-17-15-22(16-18-23)31-21(3)35/h10-11,13-18,32H,4-9,12H2,1-3H3,(H,31,35). The first kappa shape index (κ1) is 24.3. The van der Waals surface area contributed by atoms with E-state index in [1.165, 1.54) is 39.0 Å². The first-order valence-corrected chi connectivity index (χ1v) is 12.5. The number of nitrogens with zero attached hydrogens (tertiary/aromatic N) is 3. The first-order valence-electron chi connectivity index (χ1n) is 12.5.